The molecule has 0 spiro atoms. The number of hydrogen-bond acceptors (Lipinski definition) is 6. The van der Waals surface area contributed by atoms with E-state index in [4.69, 9.17) is 4.74 Å². The largest absolute Gasteiger partial charge is 0.462 e. The van der Waals surface area contributed by atoms with Crippen LogP contribution < -0.4 is 0 Å². The predicted molar refractivity (Wildman–Crippen MR) is 112 cm³/mol. The van der Waals surface area contributed by atoms with Gasteiger partial charge in [0.05, 0.1) is 24.2 Å². The highest BCUT2D eigenvalue weighted by Gasteiger charge is 2.40. The third-order valence-electron chi connectivity index (χ3n) is 6.81. The first kappa shape index (κ1) is 26.1. The third kappa shape index (κ3) is 6.50. The number of aliphatic hydroxyl groups excluding tert-OH is 3. The minimum absolute atomic E-state index is 0.0587. The van der Waals surface area contributed by atoms with Gasteiger partial charge in [-0.25, -0.2) is 0 Å². The SMILES string of the molecule is CC(C)C[C@H]1OC(=O)[C@H](C)[C@@H](O)[C@H](C)[C@@H](O)[C@@H](C)C[C@@H](C)C(=O)[C@H](C)[C@@H](O)[C@H]1C. The molecule has 0 aromatic rings. The van der Waals surface area contributed by atoms with Gasteiger partial charge in [-0.15, -0.1) is 0 Å². The smallest absolute Gasteiger partial charge is 0.311 e. The molecule has 29 heavy (non-hydrogen) atoms. The molecular weight excluding hydrogens is 372 g/mol. The fourth-order valence-corrected chi connectivity index (χ4v) is 4.51. The van der Waals surface area contributed by atoms with E-state index in [0.717, 1.165) is 0 Å². The number of hydrogen-bond donors (Lipinski definition) is 3. The average molecular weight is 415 g/mol. The van der Waals surface area contributed by atoms with Crippen molar-refractivity contribution in [2.24, 2.45) is 41.4 Å². The van der Waals surface area contributed by atoms with Crippen molar-refractivity contribution >= 4 is 11.8 Å². The Bertz CT molecular complexity index is 547. The van der Waals surface area contributed by atoms with Crippen LogP contribution >= 0.6 is 0 Å². The van der Waals surface area contributed by atoms with Crippen LogP contribution in [0.2, 0.25) is 0 Å². The van der Waals surface area contributed by atoms with E-state index in [1.807, 2.05) is 27.7 Å². The zero-order valence-electron chi connectivity index (χ0n) is 19.3. The van der Waals surface area contributed by atoms with Gasteiger partial charge in [0, 0.05) is 23.7 Å². The monoisotopic (exact) mass is 414 g/mol. The normalized spacial score (nSPS) is 43.7. The summed E-state index contributed by atoms with van der Waals surface area (Å²) in [7, 11) is 0. The Hall–Kier alpha value is -0.980. The van der Waals surface area contributed by atoms with Gasteiger partial charge in [0.15, 0.2) is 0 Å². The third-order valence-corrected chi connectivity index (χ3v) is 6.81. The van der Waals surface area contributed by atoms with E-state index >= 15 is 0 Å². The van der Waals surface area contributed by atoms with Crippen molar-refractivity contribution in [3.05, 3.63) is 0 Å². The Labute approximate surface area is 176 Å². The maximum atomic E-state index is 12.9. The molecule has 170 valence electrons. The molecule has 3 N–H and O–H groups in total. The number of aliphatic hydroxyl groups is 3. The standard InChI is InChI=1S/C23H42O6/c1-11(2)9-18-14(5)21(26)15(6)19(24)12(3)10-13(4)20(25)16(7)22(27)17(8)23(28)29-18/h11-18,20-22,25-27H,9-10H2,1-8H3/t12-,13+,14+,15+,16-,17-,18-,20+,21+,22+/m1/s1. The maximum absolute atomic E-state index is 12.9. The summed E-state index contributed by atoms with van der Waals surface area (Å²) >= 11 is 0. The second-order valence-electron chi connectivity index (χ2n) is 9.89. The van der Waals surface area contributed by atoms with Gasteiger partial charge in [0.1, 0.15) is 11.9 Å². The average Bonchev–Trinajstić information content (AvgIpc) is 2.67. The summed E-state index contributed by atoms with van der Waals surface area (Å²) in [4.78, 5) is 25.7. The summed E-state index contributed by atoms with van der Waals surface area (Å²) < 4.78 is 5.74. The van der Waals surface area contributed by atoms with Gasteiger partial charge >= 0.3 is 5.97 Å². The quantitative estimate of drug-likeness (QED) is 0.600. The lowest BCUT2D eigenvalue weighted by Gasteiger charge is -2.36. The molecular formula is C23H42O6. The van der Waals surface area contributed by atoms with E-state index in [1.165, 1.54) is 0 Å². The first-order valence-corrected chi connectivity index (χ1v) is 11.1. The highest BCUT2D eigenvalue weighted by Crippen LogP contribution is 2.31. The summed E-state index contributed by atoms with van der Waals surface area (Å²) in [6, 6.07) is 0. The number of carbonyl (C=O) groups excluding carboxylic acids is 2. The zero-order valence-corrected chi connectivity index (χ0v) is 19.3. The second-order valence-corrected chi connectivity index (χ2v) is 9.89. The molecule has 6 heteroatoms. The fourth-order valence-electron chi connectivity index (χ4n) is 4.51. The molecule has 0 aromatic heterocycles. The van der Waals surface area contributed by atoms with E-state index in [9.17, 15) is 24.9 Å². The molecule has 0 aliphatic carbocycles. The fraction of sp³-hybridized carbons (Fsp3) is 0.913. The first-order valence-electron chi connectivity index (χ1n) is 11.1. The lowest BCUT2D eigenvalue weighted by molar-refractivity contribution is -0.167. The van der Waals surface area contributed by atoms with Crippen LogP contribution in [0.4, 0.5) is 0 Å². The predicted octanol–water partition coefficient (Wildman–Crippen LogP) is 2.82. The van der Waals surface area contributed by atoms with Crippen molar-refractivity contribution < 1.29 is 29.6 Å². The minimum atomic E-state index is -1.06. The molecule has 1 rings (SSSR count). The van der Waals surface area contributed by atoms with Crippen LogP contribution in [0.25, 0.3) is 0 Å². The van der Waals surface area contributed by atoms with Gasteiger partial charge in [-0.2, -0.15) is 0 Å². The van der Waals surface area contributed by atoms with Gasteiger partial charge in [-0.05, 0) is 31.6 Å². The molecule has 0 aromatic carbocycles. The molecule has 1 aliphatic rings. The van der Waals surface area contributed by atoms with E-state index in [0.29, 0.717) is 12.8 Å². The molecule has 1 heterocycles. The molecule has 0 unspecified atom stereocenters. The van der Waals surface area contributed by atoms with Crippen LogP contribution in [0.3, 0.4) is 0 Å². The van der Waals surface area contributed by atoms with Crippen molar-refractivity contribution in [3.63, 3.8) is 0 Å². The summed E-state index contributed by atoms with van der Waals surface area (Å²) in [5.74, 6) is -3.29. The Kier molecular flexibility index (Phi) is 9.77. The van der Waals surface area contributed by atoms with Crippen LogP contribution in [-0.2, 0) is 14.3 Å². The molecule has 1 aliphatic heterocycles. The van der Waals surface area contributed by atoms with Crippen LogP contribution in [-0.4, -0.2) is 51.5 Å². The summed E-state index contributed by atoms with van der Waals surface area (Å²) in [6.45, 7) is 14.5. The van der Waals surface area contributed by atoms with Gasteiger partial charge in [0.25, 0.3) is 0 Å². The number of ketones is 1. The number of carbonyl (C=O) groups is 2. The Morgan fingerprint density at radius 3 is 1.90 bits per heavy atom. The highest BCUT2D eigenvalue weighted by molar-refractivity contribution is 5.83. The van der Waals surface area contributed by atoms with Gasteiger partial charge < -0.3 is 20.1 Å². The molecule has 0 radical (unpaired) electrons. The van der Waals surface area contributed by atoms with E-state index in [1.54, 1.807) is 27.7 Å². The topological polar surface area (TPSA) is 104 Å². The molecule has 0 saturated carbocycles. The van der Waals surface area contributed by atoms with Crippen LogP contribution in [0, 0.1) is 41.4 Å². The summed E-state index contributed by atoms with van der Waals surface area (Å²) in [5.41, 5.74) is 0. The number of ether oxygens (including phenoxy) is 1. The van der Waals surface area contributed by atoms with Crippen LogP contribution in [0.1, 0.15) is 68.2 Å². The number of esters is 1. The summed E-state index contributed by atoms with van der Waals surface area (Å²) in [6.07, 6.45) is -2.41. The molecule has 0 amide bonds. The number of Topliss-reactive ketones (excluding diaryl/α,β-unsaturated/α-hetero) is 1. The van der Waals surface area contributed by atoms with Crippen molar-refractivity contribution in [1.29, 1.82) is 0 Å². The van der Waals surface area contributed by atoms with Gasteiger partial charge in [0.2, 0.25) is 0 Å². The Morgan fingerprint density at radius 1 is 0.862 bits per heavy atom. The van der Waals surface area contributed by atoms with Crippen molar-refractivity contribution in [2.45, 2.75) is 92.6 Å². The highest BCUT2D eigenvalue weighted by atomic mass is 16.5. The maximum Gasteiger partial charge on any atom is 0.311 e. The number of rotatable bonds is 2. The van der Waals surface area contributed by atoms with Crippen LogP contribution in [0.15, 0.2) is 0 Å². The molecule has 0 bridgehead atoms. The second kappa shape index (κ2) is 10.9. The minimum Gasteiger partial charge on any atom is -0.462 e. The lowest BCUT2D eigenvalue weighted by Crippen LogP contribution is -2.45. The zero-order chi connectivity index (χ0) is 22.6. The van der Waals surface area contributed by atoms with Crippen LogP contribution in [0.5, 0.6) is 0 Å². The molecule has 1 fully saturated rings. The van der Waals surface area contributed by atoms with Crippen molar-refractivity contribution in [3.8, 4) is 0 Å². The summed E-state index contributed by atoms with van der Waals surface area (Å²) in [5, 5.41) is 32.3. The molecule has 1 saturated heterocycles. The van der Waals surface area contributed by atoms with Gasteiger partial charge in [-0.3, -0.25) is 9.59 Å². The first-order chi connectivity index (χ1) is 13.3. The van der Waals surface area contributed by atoms with E-state index in [-0.39, 0.29) is 23.5 Å². The Morgan fingerprint density at radius 2 is 1.38 bits per heavy atom. The van der Waals surface area contributed by atoms with E-state index in [2.05, 4.69) is 0 Å². The molecule has 6 nitrogen and oxygen atoms in total. The van der Waals surface area contributed by atoms with Crippen molar-refractivity contribution in [2.75, 3.05) is 0 Å². The van der Waals surface area contributed by atoms with E-state index < -0.39 is 54.1 Å². The van der Waals surface area contributed by atoms with Crippen molar-refractivity contribution in [1.82, 2.24) is 0 Å². The van der Waals surface area contributed by atoms with Gasteiger partial charge in [-0.1, -0.05) is 48.5 Å². The Balaban J connectivity index is 3.29. The number of cyclic esters (lactones) is 1. The molecule has 10 atom stereocenters. The lowest BCUT2D eigenvalue weighted by atomic mass is 9.76.